The quantitative estimate of drug-likeness (QED) is 0.839. The number of amides is 1. The fourth-order valence-corrected chi connectivity index (χ4v) is 3.48. The number of rotatable bonds is 6. The van der Waals surface area contributed by atoms with Gasteiger partial charge in [0.15, 0.2) is 9.84 Å². The van der Waals surface area contributed by atoms with Gasteiger partial charge < -0.3 is 5.32 Å². The van der Waals surface area contributed by atoms with E-state index >= 15 is 0 Å². The number of nitrogens with one attached hydrogen (secondary N) is 1. The summed E-state index contributed by atoms with van der Waals surface area (Å²) in [5, 5.41) is 7.37. The number of anilines is 1. The Balaban J connectivity index is 2.21. The van der Waals surface area contributed by atoms with Gasteiger partial charge in [-0.15, -0.1) is 0 Å². The molecule has 2 aromatic rings. The van der Waals surface area contributed by atoms with Crippen LogP contribution in [0.25, 0.3) is 0 Å². The van der Waals surface area contributed by atoms with Crippen LogP contribution < -0.4 is 5.32 Å². The van der Waals surface area contributed by atoms with E-state index in [1.807, 2.05) is 25.5 Å². The van der Waals surface area contributed by atoms with Gasteiger partial charge in [0.1, 0.15) is 0 Å². The van der Waals surface area contributed by atoms with Crippen molar-refractivity contribution in [3.63, 3.8) is 0 Å². The Labute approximate surface area is 155 Å². The highest BCUT2D eigenvalue weighted by Gasteiger charge is 2.17. The minimum atomic E-state index is -3.32. The average Bonchev–Trinajstić information content (AvgIpc) is 2.75. The molecule has 0 bridgehead atoms. The maximum absolute atomic E-state index is 12.5. The molecule has 0 aliphatic rings. The molecule has 142 valence electrons. The summed E-state index contributed by atoms with van der Waals surface area (Å²) in [4.78, 5) is 12.7. The number of nitrogens with zero attached hydrogens (tertiary/aromatic N) is 2. The summed E-state index contributed by atoms with van der Waals surface area (Å²) in [5.41, 5.74) is 4.09. The van der Waals surface area contributed by atoms with Crippen molar-refractivity contribution in [2.24, 2.45) is 5.92 Å². The van der Waals surface area contributed by atoms with Gasteiger partial charge in [0.25, 0.3) is 0 Å². The summed E-state index contributed by atoms with van der Waals surface area (Å²) >= 11 is 0. The first-order valence-electron chi connectivity index (χ1n) is 8.62. The summed E-state index contributed by atoms with van der Waals surface area (Å²) in [7, 11) is -3.32. The Morgan fingerprint density at radius 3 is 2.46 bits per heavy atom. The zero-order valence-corrected chi connectivity index (χ0v) is 17.1. The first-order valence-corrected chi connectivity index (χ1v) is 10.5. The van der Waals surface area contributed by atoms with Crippen molar-refractivity contribution in [2.45, 2.75) is 52.5 Å². The number of aromatic nitrogens is 2. The molecule has 0 spiro atoms. The van der Waals surface area contributed by atoms with Crippen LogP contribution in [0.3, 0.4) is 0 Å². The smallest absolute Gasteiger partial charge is 0.228 e. The molecule has 6 nitrogen and oxygen atoms in total. The second-order valence-electron chi connectivity index (χ2n) is 7.20. The van der Waals surface area contributed by atoms with Gasteiger partial charge in [-0.25, -0.2) is 8.42 Å². The molecule has 0 radical (unpaired) electrons. The van der Waals surface area contributed by atoms with E-state index in [-0.39, 0.29) is 17.2 Å². The molecule has 1 N–H and O–H groups in total. The van der Waals surface area contributed by atoms with E-state index in [0.717, 1.165) is 35.3 Å². The van der Waals surface area contributed by atoms with Gasteiger partial charge >= 0.3 is 0 Å². The highest BCUT2D eigenvalue weighted by molar-refractivity contribution is 7.90. The van der Waals surface area contributed by atoms with Gasteiger partial charge in [-0.1, -0.05) is 19.9 Å². The highest BCUT2D eigenvalue weighted by Crippen LogP contribution is 2.21. The predicted octanol–water partition coefficient (Wildman–Crippen LogP) is 3.05. The van der Waals surface area contributed by atoms with Gasteiger partial charge in [0.05, 0.1) is 17.0 Å². The van der Waals surface area contributed by atoms with Crippen molar-refractivity contribution in [1.29, 1.82) is 0 Å². The Hall–Kier alpha value is -2.15. The van der Waals surface area contributed by atoms with E-state index in [1.54, 1.807) is 12.1 Å². The molecule has 1 amide bonds. The van der Waals surface area contributed by atoms with Crippen LogP contribution in [0.4, 0.5) is 5.69 Å². The fraction of sp³-hybridized carbons (Fsp3) is 0.474. The highest BCUT2D eigenvalue weighted by atomic mass is 32.2. The number of aryl methyl sites for hydroxylation is 2. The van der Waals surface area contributed by atoms with Crippen molar-refractivity contribution in [1.82, 2.24) is 9.78 Å². The molecule has 1 aromatic carbocycles. The molecule has 0 aliphatic heterocycles. The number of hydrogen-bond donors (Lipinski definition) is 1. The lowest BCUT2D eigenvalue weighted by molar-refractivity contribution is -0.115. The Morgan fingerprint density at radius 2 is 1.88 bits per heavy atom. The standard InChI is InChI=1S/C19H27N3O3S/c1-12(2)11-22-15(5)17(14(4)21-22)10-19(23)20-18-9-16(26(6,24)25)8-7-13(18)3/h7-9,12H,10-11H2,1-6H3,(H,20,23). The molecular formula is C19H27N3O3S. The van der Waals surface area contributed by atoms with Crippen molar-refractivity contribution >= 4 is 21.4 Å². The van der Waals surface area contributed by atoms with Crippen LogP contribution in [0, 0.1) is 26.7 Å². The van der Waals surface area contributed by atoms with Crippen LogP contribution in [-0.2, 0) is 27.6 Å². The van der Waals surface area contributed by atoms with E-state index in [9.17, 15) is 13.2 Å². The predicted molar refractivity (Wildman–Crippen MR) is 103 cm³/mol. The number of hydrogen-bond acceptors (Lipinski definition) is 4. The first-order chi connectivity index (χ1) is 12.0. The summed E-state index contributed by atoms with van der Waals surface area (Å²) in [5.74, 6) is 0.283. The molecule has 0 atom stereocenters. The largest absolute Gasteiger partial charge is 0.326 e. The second kappa shape index (κ2) is 7.61. The van der Waals surface area contributed by atoms with Gasteiger partial charge in [0.2, 0.25) is 5.91 Å². The van der Waals surface area contributed by atoms with Crippen molar-refractivity contribution in [3.05, 3.63) is 40.7 Å². The van der Waals surface area contributed by atoms with Crippen molar-refractivity contribution < 1.29 is 13.2 Å². The second-order valence-corrected chi connectivity index (χ2v) is 9.21. The molecule has 1 aromatic heterocycles. The zero-order valence-electron chi connectivity index (χ0n) is 16.3. The van der Waals surface area contributed by atoms with E-state index in [0.29, 0.717) is 11.6 Å². The minimum Gasteiger partial charge on any atom is -0.326 e. The van der Waals surface area contributed by atoms with Crippen LogP contribution in [-0.4, -0.2) is 30.4 Å². The Kier molecular flexibility index (Phi) is 5.91. The topological polar surface area (TPSA) is 81.1 Å². The summed E-state index contributed by atoms with van der Waals surface area (Å²) in [6.45, 7) is 10.8. The van der Waals surface area contributed by atoms with E-state index < -0.39 is 9.84 Å². The van der Waals surface area contributed by atoms with Crippen molar-refractivity contribution in [2.75, 3.05) is 11.6 Å². The molecule has 0 saturated heterocycles. The van der Waals surface area contributed by atoms with Gasteiger partial charge in [-0.3, -0.25) is 9.48 Å². The molecule has 1 heterocycles. The number of carbonyl (C=O) groups excluding carboxylic acids is 1. The molecule has 7 heteroatoms. The molecular weight excluding hydrogens is 350 g/mol. The zero-order chi connectivity index (χ0) is 19.6. The van der Waals surface area contributed by atoms with E-state index in [4.69, 9.17) is 0 Å². The lowest BCUT2D eigenvalue weighted by Crippen LogP contribution is -2.16. The van der Waals surface area contributed by atoms with Gasteiger partial charge in [-0.05, 0) is 44.4 Å². The molecule has 26 heavy (non-hydrogen) atoms. The van der Waals surface area contributed by atoms with Gasteiger partial charge in [-0.2, -0.15) is 5.10 Å². The monoisotopic (exact) mass is 377 g/mol. The van der Waals surface area contributed by atoms with Crippen LogP contribution in [0.15, 0.2) is 23.1 Å². The van der Waals surface area contributed by atoms with E-state index in [1.165, 1.54) is 6.07 Å². The number of benzene rings is 1. The van der Waals surface area contributed by atoms with Crippen LogP contribution in [0.1, 0.15) is 36.4 Å². The summed E-state index contributed by atoms with van der Waals surface area (Å²) in [6, 6.07) is 4.75. The minimum absolute atomic E-state index is 0.186. The summed E-state index contributed by atoms with van der Waals surface area (Å²) in [6.07, 6.45) is 1.36. The maximum atomic E-state index is 12.5. The molecule has 0 aliphatic carbocycles. The third-order valence-corrected chi connectivity index (χ3v) is 5.43. The molecule has 0 saturated carbocycles. The fourth-order valence-electron chi connectivity index (χ4n) is 2.83. The first kappa shape index (κ1) is 20.2. The average molecular weight is 378 g/mol. The van der Waals surface area contributed by atoms with E-state index in [2.05, 4.69) is 24.3 Å². The Morgan fingerprint density at radius 1 is 1.23 bits per heavy atom. The summed E-state index contributed by atoms with van der Waals surface area (Å²) < 4.78 is 25.4. The van der Waals surface area contributed by atoms with Crippen molar-refractivity contribution in [3.8, 4) is 0 Å². The van der Waals surface area contributed by atoms with Crippen LogP contribution in [0.2, 0.25) is 0 Å². The third-order valence-electron chi connectivity index (χ3n) is 4.32. The Bertz CT molecular complexity index is 928. The number of carbonyl (C=O) groups is 1. The van der Waals surface area contributed by atoms with Crippen LogP contribution in [0.5, 0.6) is 0 Å². The molecule has 0 fully saturated rings. The molecule has 0 unspecified atom stereocenters. The third kappa shape index (κ3) is 4.72. The normalized spacial score (nSPS) is 11.8. The van der Waals surface area contributed by atoms with Gasteiger partial charge in [0, 0.05) is 29.7 Å². The number of sulfone groups is 1. The lowest BCUT2D eigenvalue weighted by Gasteiger charge is -2.11. The SMILES string of the molecule is Cc1ccc(S(C)(=O)=O)cc1NC(=O)Cc1c(C)nn(CC(C)C)c1C. The van der Waals surface area contributed by atoms with Crippen LogP contribution >= 0.6 is 0 Å². The molecule has 2 rings (SSSR count). The lowest BCUT2D eigenvalue weighted by atomic mass is 10.1. The maximum Gasteiger partial charge on any atom is 0.228 e.